The molecule has 4 rings (SSSR count). The largest absolute Gasteiger partial charge is 0.484 e. The van der Waals surface area contributed by atoms with Crippen LogP contribution in [0.25, 0.3) is 0 Å². The molecule has 1 aliphatic heterocycles. The zero-order valence-corrected chi connectivity index (χ0v) is 16.6. The molecular weight excluding hydrogens is 395 g/mol. The van der Waals surface area contributed by atoms with Crippen molar-refractivity contribution in [3.8, 4) is 5.75 Å². The van der Waals surface area contributed by atoms with E-state index in [4.69, 9.17) is 27.9 Å². The van der Waals surface area contributed by atoms with E-state index >= 15 is 0 Å². The maximum absolute atomic E-state index is 12.9. The fourth-order valence-corrected chi connectivity index (χ4v) is 3.78. The van der Waals surface area contributed by atoms with Crippen LogP contribution in [0.15, 0.2) is 60.7 Å². The first-order valence-corrected chi connectivity index (χ1v) is 9.76. The second-order valence-electron chi connectivity index (χ2n) is 6.60. The van der Waals surface area contributed by atoms with Gasteiger partial charge in [-0.2, -0.15) is 0 Å². The summed E-state index contributed by atoms with van der Waals surface area (Å²) in [5.41, 5.74) is 3.54. The van der Waals surface area contributed by atoms with Crippen molar-refractivity contribution in [2.45, 2.75) is 19.6 Å². The first kappa shape index (κ1) is 18.8. The summed E-state index contributed by atoms with van der Waals surface area (Å²) in [4.78, 5) is 19.2. The highest BCUT2D eigenvalue weighted by atomic mass is 35.5. The van der Waals surface area contributed by atoms with Crippen molar-refractivity contribution in [1.29, 1.82) is 0 Å². The average Bonchev–Trinajstić information content (AvgIpc) is 2.73. The Morgan fingerprint density at radius 2 is 1.68 bits per heavy atom. The highest BCUT2D eigenvalue weighted by Gasteiger charge is 2.22. The highest BCUT2D eigenvalue weighted by molar-refractivity contribution is 6.37. The Morgan fingerprint density at radius 3 is 2.46 bits per heavy atom. The predicted octanol–water partition coefficient (Wildman–Crippen LogP) is 5.17. The molecule has 2 heterocycles. The lowest BCUT2D eigenvalue weighted by Crippen LogP contribution is -2.36. The van der Waals surface area contributed by atoms with Gasteiger partial charge in [-0.25, -0.2) is 4.98 Å². The van der Waals surface area contributed by atoms with Crippen molar-refractivity contribution in [2.75, 3.05) is 6.54 Å². The highest BCUT2D eigenvalue weighted by Crippen LogP contribution is 2.32. The van der Waals surface area contributed by atoms with Crippen LogP contribution in [0.2, 0.25) is 10.0 Å². The number of halogens is 2. The van der Waals surface area contributed by atoms with Crippen molar-refractivity contribution in [3.05, 3.63) is 93.2 Å². The summed E-state index contributed by atoms with van der Waals surface area (Å²) in [6.45, 7) is 1.47. The third kappa shape index (κ3) is 3.98. The van der Waals surface area contributed by atoms with Crippen molar-refractivity contribution in [1.82, 2.24) is 9.88 Å². The maximum atomic E-state index is 12.9. The molecule has 1 aliphatic rings. The number of benzene rings is 2. The van der Waals surface area contributed by atoms with E-state index < -0.39 is 0 Å². The Labute approximate surface area is 173 Å². The van der Waals surface area contributed by atoms with Gasteiger partial charge in [0.05, 0.1) is 15.7 Å². The summed E-state index contributed by atoms with van der Waals surface area (Å²) in [5.74, 6) is 0.337. The summed E-state index contributed by atoms with van der Waals surface area (Å²) >= 11 is 12.3. The molecule has 1 amide bonds. The second kappa shape index (κ2) is 8.21. The number of pyridine rings is 1. The van der Waals surface area contributed by atoms with Gasteiger partial charge in [-0.3, -0.25) is 4.79 Å². The first-order chi connectivity index (χ1) is 13.6. The Hall–Kier alpha value is -2.56. The first-order valence-electron chi connectivity index (χ1n) is 9.00. The minimum Gasteiger partial charge on any atom is -0.484 e. The number of aromatic nitrogens is 1. The molecule has 0 saturated heterocycles. The number of hydrogen-bond donors (Lipinski definition) is 0. The molecule has 142 valence electrons. The lowest BCUT2D eigenvalue weighted by atomic mass is 10.00. The molecule has 0 fully saturated rings. The zero-order chi connectivity index (χ0) is 19.5. The summed E-state index contributed by atoms with van der Waals surface area (Å²) in [6, 6.07) is 18.8. The Kier molecular flexibility index (Phi) is 5.51. The quantitative estimate of drug-likeness (QED) is 0.593. The van der Waals surface area contributed by atoms with E-state index in [0.717, 1.165) is 6.42 Å². The van der Waals surface area contributed by atoms with Crippen LogP contribution in [0.1, 0.15) is 27.3 Å². The van der Waals surface area contributed by atoms with E-state index in [1.54, 1.807) is 24.3 Å². The molecule has 0 radical (unpaired) electrons. The maximum Gasteiger partial charge on any atom is 0.272 e. The zero-order valence-electron chi connectivity index (χ0n) is 15.1. The second-order valence-corrected chi connectivity index (χ2v) is 7.41. The molecule has 0 atom stereocenters. The van der Waals surface area contributed by atoms with Gasteiger partial charge >= 0.3 is 0 Å². The Bertz CT molecular complexity index is 1000. The van der Waals surface area contributed by atoms with Gasteiger partial charge in [-0.15, -0.1) is 0 Å². The van der Waals surface area contributed by atoms with Crippen LogP contribution in [-0.2, 0) is 19.6 Å². The van der Waals surface area contributed by atoms with Crippen LogP contribution in [0.4, 0.5) is 0 Å². The van der Waals surface area contributed by atoms with Gasteiger partial charge in [-0.05, 0) is 41.8 Å². The van der Waals surface area contributed by atoms with Gasteiger partial charge < -0.3 is 9.64 Å². The lowest BCUT2D eigenvalue weighted by Gasteiger charge is -2.28. The summed E-state index contributed by atoms with van der Waals surface area (Å²) in [7, 11) is 0. The number of ether oxygens (including phenoxy) is 1. The number of nitrogens with zero attached hydrogens (tertiary/aromatic N) is 2. The Morgan fingerprint density at radius 1 is 0.964 bits per heavy atom. The van der Waals surface area contributed by atoms with Gasteiger partial charge in [0.25, 0.3) is 5.91 Å². The van der Waals surface area contributed by atoms with Gasteiger partial charge in [0.15, 0.2) is 5.75 Å². The van der Waals surface area contributed by atoms with E-state index in [1.165, 1.54) is 11.1 Å². The minimum atomic E-state index is -0.0767. The van der Waals surface area contributed by atoms with E-state index in [9.17, 15) is 4.79 Å². The molecule has 0 saturated carbocycles. The summed E-state index contributed by atoms with van der Waals surface area (Å²) < 4.78 is 5.73. The Balaban J connectivity index is 1.47. The van der Waals surface area contributed by atoms with Crippen LogP contribution < -0.4 is 4.74 Å². The predicted molar refractivity (Wildman–Crippen MR) is 110 cm³/mol. The van der Waals surface area contributed by atoms with Crippen LogP contribution >= 0.6 is 23.2 Å². The van der Waals surface area contributed by atoms with Crippen LogP contribution in [0, 0.1) is 0 Å². The molecule has 0 aliphatic carbocycles. The smallest absolute Gasteiger partial charge is 0.272 e. The molecule has 2 aromatic carbocycles. The van der Waals surface area contributed by atoms with Crippen LogP contribution in [0.3, 0.4) is 0 Å². The van der Waals surface area contributed by atoms with Crippen molar-refractivity contribution in [3.63, 3.8) is 0 Å². The third-order valence-corrected chi connectivity index (χ3v) is 5.32. The standard InChI is InChI=1S/C22H18Cl2N2O2/c23-18-8-4-9-19(24)21(18)28-14-17-7-3-10-20(25-17)22(27)26-12-11-15-5-1-2-6-16(15)13-26/h1-10H,11-14H2. The van der Waals surface area contributed by atoms with Crippen molar-refractivity contribution < 1.29 is 9.53 Å². The molecule has 0 bridgehead atoms. The lowest BCUT2D eigenvalue weighted by molar-refractivity contribution is 0.0728. The van der Waals surface area contributed by atoms with Gasteiger partial charge in [0.1, 0.15) is 12.3 Å². The third-order valence-electron chi connectivity index (χ3n) is 4.73. The molecule has 0 N–H and O–H groups in total. The van der Waals surface area contributed by atoms with E-state index in [1.807, 2.05) is 29.2 Å². The fraction of sp³-hybridized carbons (Fsp3) is 0.182. The van der Waals surface area contributed by atoms with Gasteiger partial charge in [-0.1, -0.05) is 59.6 Å². The van der Waals surface area contributed by atoms with Crippen LogP contribution in [0.5, 0.6) is 5.75 Å². The van der Waals surface area contributed by atoms with Crippen molar-refractivity contribution in [2.24, 2.45) is 0 Å². The molecule has 0 unspecified atom stereocenters. The number of hydrogen-bond acceptors (Lipinski definition) is 3. The summed E-state index contributed by atoms with van der Waals surface area (Å²) in [6.07, 6.45) is 0.857. The topological polar surface area (TPSA) is 42.4 Å². The average molecular weight is 413 g/mol. The SMILES string of the molecule is O=C(c1cccc(COc2c(Cl)cccc2Cl)n1)N1CCc2ccccc2C1. The number of carbonyl (C=O) groups excluding carboxylic acids is 1. The number of amides is 1. The van der Waals surface area contributed by atoms with Crippen molar-refractivity contribution >= 4 is 29.1 Å². The normalized spacial score (nSPS) is 13.1. The van der Waals surface area contributed by atoms with E-state index in [2.05, 4.69) is 17.1 Å². The minimum absolute atomic E-state index is 0.0767. The fourth-order valence-electron chi connectivity index (χ4n) is 3.28. The van der Waals surface area contributed by atoms with Gasteiger partial charge in [0.2, 0.25) is 0 Å². The molecule has 3 aromatic rings. The number of rotatable bonds is 4. The number of para-hydroxylation sites is 1. The molecular formula is C22H18Cl2N2O2. The van der Waals surface area contributed by atoms with Crippen LogP contribution in [-0.4, -0.2) is 22.3 Å². The number of carbonyl (C=O) groups is 1. The van der Waals surface area contributed by atoms with E-state index in [-0.39, 0.29) is 12.5 Å². The molecule has 4 nitrogen and oxygen atoms in total. The molecule has 1 aromatic heterocycles. The summed E-state index contributed by atoms with van der Waals surface area (Å²) in [5, 5.41) is 0.874. The molecule has 6 heteroatoms. The number of fused-ring (bicyclic) bond motifs is 1. The monoisotopic (exact) mass is 412 g/mol. The van der Waals surface area contributed by atoms with E-state index in [0.29, 0.717) is 40.3 Å². The molecule has 28 heavy (non-hydrogen) atoms. The van der Waals surface area contributed by atoms with Gasteiger partial charge in [0, 0.05) is 13.1 Å². The molecule has 0 spiro atoms.